The lowest BCUT2D eigenvalue weighted by Gasteiger charge is -2.01. The van der Waals surface area contributed by atoms with E-state index in [-0.39, 0.29) is 0 Å². The van der Waals surface area contributed by atoms with Crippen LogP contribution in [0.4, 0.5) is 0 Å². The summed E-state index contributed by atoms with van der Waals surface area (Å²) in [6, 6.07) is 13.0. The van der Waals surface area contributed by atoms with E-state index in [2.05, 4.69) is 47.2 Å². The average molecular weight is 201 g/mol. The zero-order valence-electron chi connectivity index (χ0n) is 7.81. The molecule has 1 aliphatic rings. The van der Waals surface area contributed by atoms with Crippen molar-refractivity contribution in [2.45, 2.75) is 22.9 Å². The minimum atomic E-state index is 1.10. The number of fused-ring (bicyclic) bond motifs is 2. The van der Waals surface area contributed by atoms with E-state index in [9.17, 15) is 0 Å². The molecule has 0 N–H and O–H groups in total. The number of hydrogen-bond donors (Lipinski definition) is 0. The third-order valence-corrected chi connectivity index (χ3v) is 3.79. The molecule has 0 fully saturated rings. The highest BCUT2D eigenvalue weighted by Gasteiger charge is 2.11. The van der Waals surface area contributed by atoms with Gasteiger partial charge in [-0.2, -0.15) is 0 Å². The van der Waals surface area contributed by atoms with Gasteiger partial charge in [0.1, 0.15) is 0 Å². The highest BCUT2D eigenvalue weighted by atomic mass is 32.2. The predicted octanol–water partition coefficient (Wildman–Crippen LogP) is 3.20. The summed E-state index contributed by atoms with van der Waals surface area (Å²) < 4.78 is 2.32. The van der Waals surface area contributed by atoms with Crippen molar-refractivity contribution in [3.8, 4) is 0 Å². The molecule has 14 heavy (non-hydrogen) atoms. The van der Waals surface area contributed by atoms with Gasteiger partial charge in [0, 0.05) is 17.6 Å². The summed E-state index contributed by atoms with van der Waals surface area (Å²) in [6.45, 7) is 1.10. The highest BCUT2D eigenvalue weighted by molar-refractivity contribution is 7.99. The van der Waals surface area contributed by atoms with Crippen LogP contribution in [0.15, 0.2) is 52.5 Å². The Balaban J connectivity index is 2.10. The molecule has 3 rings (SSSR count). The van der Waals surface area contributed by atoms with Gasteiger partial charge < -0.3 is 4.57 Å². The lowest BCUT2D eigenvalue weighted by molar-refractivity contribution is 0.654. The highest BCUT2D eigenvalue weighted by Crippen LogP contribution is 2.33. The Labute approximate surface area is 87.8 Å². The van der Waals surface area contributed by atoms with Crippen LogP contribution in [-0.2, 0) is 13.0 Å². The molecular formula is C12H11NS. The van der Waals surface area contributed by atoms with Gasteiger partial charge in [-0.05, 0) is 30.2 Å². The molecule has 0 saturated carbocycles. The maximum absolute atomic E-state index is 2.32. The Morgan fingerprint density at radius 1 is 1.07 bits per heavy atom. The van der Waals surface area contributed by atoms with Crippen LogP contribution < -0.4 is 0 Å². The van der Waals surface area contributed by atoms with E-state index in [0.717, 1.165) is 13.0 Å². The zero-order valence-corrected chi connectivity index (χ0v) is 8.63. The summed E-state index contributed by atoms with van der Waals surface area (Å²) in [7, 11) is 0. The first kappa shape index (κ1) is 8.18. The Kier molecular flexibility index (Phi) is 1.88. The quantitative estimate of drug-likeness (QED) is 0.633. The molecule has 0 atom stereocenters. The van der Waals surface area contributed by atoms with Gasteiger partial charge in [-0.25, -0.2) is 0 Å². The third-order valence-electron chi connectivity index (χ3n) is 2.60. The first-order valence-corrected chi connectivity index (χ1v) is 5.66. The van der Waals surface area contributed by atoms with E-state index in [0.29, 0.717) is 0 Å². The fourth-order valence-electron chi connectivity index (χ4n) is 1.84. The molecule has 0 bridgehead atoms. The van der Waals surface area contributed by atoms with Crippen molar-refractivity contribution in [3.05, 3.63) is 48.2 Å². The predicted molar refractivity (Wildman–Crippen MR) is 58.7 cm³/mol. The first-order valence-electron chi connectivity index (χ1n) is 4.84. The van der Waals surface area contributed by atoms with Crippen molar-refractivity contribution in [1.82, 2.24) is 4.57 Å². The number of aromatic nitrogens is 1. The minimum absolute atomic E-state index is 1.10. The zero-order chi connectivity index (χ0) is 9.38. The van der Waals surface area contributed by atoms with Crippen molar-refractivity contribution in [2.75, 3.05) is 0 Å². The van der Waals surface area contributed by atoms with E-state index in [1.807, 2.05) is 11.8 Å². The monoisotopic (exact) mass is 201 g/mol. The molecule has 1 aliphatic heterocycles. The van der Waals surface area contributed by atoms with E-state index in [1.54, 1.807) is 0 Å². The van der Waals surface area contributed by atoms with Gasteiger partial charge in [-0.1, -0.05) is 30.0 Å². The van der Waals surface area contributed by atoms with Crippen LogP contribution in [0.25, 0.3) is 0 Å². The van der Waals surface area contributed by atoms with Gasteiger partial charge in [0.15, 0.2) is 0 Å². The second kappa shape index (κ2) is 3.21. The summed E-state index contributed by atoms with van der Waals surface area (Å²) in [6.07, 6.45) is 3.30. The molecule has 1 aromatic heterocycles. The van der Waals surface area contributed by atoms with E-state index in [4.69, 9.17) is 0 Å². The molecule has 0 spiro atoms. The number of aryl methyl sites for hydroxylation is 2. The van der Waals surface area contributed by atoms with Crippen molar-refractivity contribution < 1.29 is 0 Å². The van der Waals surface area contributed by atoms with Crippen molar-refractivity contribution in [3.63, 3.8) is 0 Å². The molecule has 70 valence electrons. The van der Waals surface area contributed by atoms with Crippen LogP contribution in [0, 0.1) is 0 Å². The molecule has 0 radical (unpaired) electrons. The van der Waals surface area contributed by atoms with Crippen LogP contribution in [0.1, 0.15) is 5.56 Å². The van der Waals surface area contributed by atoms with Gasteiger partial charge >= 0.3 is 0 Å². The van der Waals surface area contributed by atoms with E-state index in [1.165, 1.54) is 15.5 Å². The molecule has 2 aromatic rings. The average Bonchev–Trinajstić information content (AvgIpc) is 2.58. The Morgan fingerprint density at radius 2 is 2.00 bits per heavy atom. The SMILES string of the molecule is c1ccc2c(c1)CCn1cccc1S2. The van der Waals surface area contributed by atoms with Crippen molar-refractivity contribution in [1.29, 1.82) is 0 Å². The molecule has 0 amide bonds. The summed E-state index contributed by atoms with van der Waals surface area (Å²) in [5.41, 5.74) is 1.47. The maximum Gasteiger partial charge on any atom is 0.0796 e. The lowest BCUT2D eigenvalue weighted by atomic mass is 10.1. The number of benzene rings is 1. The largest absolute Gasteiger partial charge is 0.342 e. The Morgan fingerprint density at radius 3 is 3.00 bits per heavy atom. The summed E-state index contributed by atoms with van der Waals surface area (Å²) in [5.74, 6) is 0. The van der Waals surface area contributed by atoms with Crippen LogP contribution in [0.3, 0.4) is 0 Å². The van der Waals surface area contributed by atoms with E-state index < -0.39 is 0 Å². The van der Waals surface area contributed by atoms with Gasteiger partial charge in [0.2, 0.25) is 0 Å². The molecule has 2 heterocycles. The van der Waals surface area contributed by atoms with Crippen molar-refractivity contribution in [2.24, 2.45) is 0 Å². The molecule has 0 saturated heterocycles. The van der Waals surface area contributed by atoms with Gasteiger partial charge in [0.05, 0.1) is 5.03 Å². The van der Waals surface area contributed by atoms with Crippen molar-refractivity contribution >= 4 is 11.8 Å². The van der Waals surface area contributed by atoms with Gasteiger partial charge in [0.25, 0.3) is 0 Å². The number of rotatable bonds is 0. The maximum atomic E-state index is 2.32. The van der Waals surface area contributed by atoms with Crippen LogP contribution in [0.5, 0.6) is 0 Å². The second-order valence-corrected chi connectivity index (χ2v) is 4.56. The lowest BCUT2D eigenvalue weighted by Crippen LogP contribution is -1.97. The minimum Gasteiger partial charge on any atom is -0.342 e. The van der Waals surface area contributed by atoms with Gasteiger partial charge in [-0.15, -0.1) is 0 Å². The third kappa shape index (κ3) is 1.26. The standard InChI is InChI=1S/C12H11NS/c1-2-5-11-10(4-1)7-9-13-8-3-6-12(13)14-11/h1-6,8H,7,9H2. The molecule has 2 heteroatoms. The molecule has 0 unspecified atom stereocenters. The fraction of sp³-hybridized carbons (Fsp3) is 0.167. The molecule has 1 nitrogen and oxygen atoms in total. The smallest absolute Gasteiger partial charge is 0.0796 e. The number of hydrogen-bond acceptors (Lipinski definition) is 1. The topological polar surface area (TPSA) is 4.93 Å². The van der Waals surface area contributed by atoms with Crippen LogP contribution in [0.2, 0.25) is 0 Å². The first-order chi connectivity index (χ1) is 6.93. The summed E-state index contributed by atoms with van der Waals surface area (Å²) >= 11 is 1.87. The molecule has 0 aliphatic carbocycles. The van der Waals surface area contributed by atoms with Gasteiger partial charge in [-0.3, -0.25) is 0 Å². The Hall–Kier alpha value is -1.15. The Bertz CT molecular complexity index is 459. The van der Waals surface area contributed by atoms with E-state index >= 15 is 0 Å². The normalized spacial score (nSPS) is 14.3. The molecule has 1 aromatic carbocycles. The fourth-order valence-corrected chi connectivity index (χ4v) is 2.93. The summed E-state index contributed by atoms with van der Waals surface area (Å²) in [5, 5.41) is 1.36. The molecular weight excluding hydrogens is 190 g/mol. The summed E-state index contributed by atoms with van der Waals surface area (Å²) in [4.78, 5) is 1.41. The van der Waals surface area contributed by atoms with Crippen LogP contribution in [-0.4, -0.2) is 4.57 Å². The van der Waals surface area contributed by atoms with Crippen LogP contribution >= 0.6 is 11.8 Å². The second-order valence-electron chi connectivity index (χ2n) is 3.50. The number of nitrogens with zero attached hydrogens (tertiary/aromatic N) is 1.